The Morgan fingerprint density at radius 2 is 1.94 bits per heavy atom. The second kappa shape index (κ2) is 6.64. The summed E-state index contributed by atoms with van der Waals surface area (Å²) in [4.78, 5) is 11.9. The molecule has 0 bridgehead atoms. The highest BCUT2D eigenvalue weighted by Crippen LogP contribution is 2.11. The number of hydrogen-bond donors (Lipinski definition) is 2. The number of carbonyl (C=O) groups excluding carboxylic acids is 1. The van der Waals surface area contributed by atoms with Crippen molar-refractivity contribution >= 4 is 21.8 Å². The number of alkyl halides is 1. The first kappa shape index (κ1) is 14.0. The Balaban J connectivity index is 2.61. The van der Waals surface area contributed by atoms with Gasteiger partial charge in [0.25, 0.3) is 5.91 Å². The zero-order valence-electron chi connectivity index (χ0n) is 10.1. The van der Waals surface area contributed by atoms with Gasteiger partial charge in [0.05, 0.1) is 0 Å². The van der Waals surface area contributed by atoms with Gasteiger partial charge in [0.15, 0.2) is 0 Å². The van der Waals surface area contributed by atoms with Crippen molar-refractivity contribution in [1.82, 2.24) is 5.32 Å². The first-order chi connectivity index (χ1) is 8.02. The lowest BCUT2D eigenvalue weighted by Gasteiger charge is -2.18. The van der Waals surface area contributed by atoms with Gasteiger partial charge in [0, 0.05) is 16.9 Å². The first-order valence-corrected chi connectivity index (χ1v) is 6.81. The Labute approximate surface area is 110 Å². The monoisotopic (exact) mass is 299 g/mol. The minimum atomic E-state index is -0.102. The SMILES string of the molecule is CC(C)CC(CBr)NC(=O)c1ccc(O)cc1. The van der Waals surface area contributed by atoms with Crippen LogP contribution in [0.1, 0.15) is 30.6 Å². The molecule has 0 aliphatic carbocycles. The standard InChI is InChI=1S/C13H18BrNO2/c1-9(2)7-11(8-14)15-13(17)10-3-5-12(16)6-4-10/h3-6,9,11,16H,7-8H2,1-2H3,(H,15,17). The molecule has 17 heavy (non-hydrogen) atoms. The molecule has 1 atom stereocenters. The summed E-state index contributed by atoms with van der Waals surface area (Å²) in [5.74, 6) is 0.605. The average Bonchev–Trinajstić information content (AvgIpc) is 2.28. The van der Waals surface area contributed by atoms with Crippen molar-refractivity contribution in [3.63, 3.8) is 0 Å². The number of nitrogens with one attached hydrogen (secondary N) is 1. The Bertz CT molecular complexity index is 362. The molecule has 3 nitrogen and oxygen atoms in total. The minimum Gasteiger partial charge on any atom is -0.508 e. The number of hydrogen-bond acceptors (Lipinski definition) is 2. The summed E-state index contributed by atoms with van der Waals surface area (Å²) < 4.78 is 0. The van der Waals surface area contributed by atoms with Crippen molar-refractivity contribution in [2.75, 3.05) is 5.33 Å². The van der Waals surface area contributed by atoms with Gasteiger partial charge < -0.3 is 10.4 Å². The van der Waals surface area contributed by atoms with Gasteiger partial charge in [0.2, 0.25) is 0 Å². The lowest BCUT2D eigenvalue weighted by molar-refractivity contribution is 0.0937. The Kier molecular flexibility index (Phi) is 5.48. The van der Waals surface area contributed by atoms with Gasteiger partial charge in [-0.2, -0.15) is 0 Å². The number of aromatic hydroxyl groups is 1. The summed E-state index contributed by atoms with van der Waals surface area (Å²) in [5.41, 5.74) is 0.567. The summed E-state index contributed by atoms with van der Waals surface area (Å²) in [6, 6.07) is 6.40. The fourth-order valence-electron chi connectivity index (χ4n) is 1.61. The van der Waals surface area contributed by atoms with Gasteiger partial charge >= 0.3 is 0 Å². The maximum Gasteiger partial charge on any atom is 0.251 e. The molecule has 0 spiro atoms. The molecular weight excluding hydrogens is 282 g/mol. The zero-order valence-corrected chi connectivity index (χ0v) is 11.7. The third-order valence-corrected chi connectivity index (χ3v) is 3.19. The number of benzene rings is 1. The van der Waals surface area contributed by atoms with Crippen LogP contribution >= 0.6 is 15.9 Å². The molecule has 1 aromatic carbocycles. The van der Waals surface area contributed by atoms with Crippen LogP contribution in [0.2, 0.25) is 0 Å². The molecule has 2 N–H and O–H groups in total. The van der Waals surface area contributed by atoms with Crippen LogP contribution in [-0.2, 0) is 0 Å². The van der Waals surface area contributed by atoms with Crippen molar-refractivity contribution < 1.29 is 9.90 Å². The minimum absolute atomic E-state index is 0.102. The van der Waals surface area contributed by atoms with Crippen LogP contribution < -0.4 is 5.32 Å². The highest BCUT2D eigenvalue weighted by molar-refractivity contribution is 9.09. The van der Waals surface area contributed by atoms with E-state index in [1.54, 1.807) is 12.1 Å². The number of amides is 1. The zero-order chi connectivity index (χ0) is 12.8. The molecule has 1 aromatic rings. The Morgan fingerprint density at radius 1 is 1.35 bits per heavy atom. The third kappa shape index (κ3) is 4.77. The van der Waals surface area contributed by atoms with Crippen LogP contribution in [0.15, 0.2) is 24.3 Å². The van der Waals surface area contributed by atoms with E-state index in [1.807, 2.05) is 0 Å². The van der Waals surface area contributed by atoms with E-state index in [-0.39, 0.29) is 17.7 Å². The lowest BCUT2D eigenvalue weighted by atomic mass is 10.0. The maximum absolute atomic E-state index is 11.9. The summed E-state index contributed by atoms with van der Waals surface area (Å²) in [6.07, 6.45) is 0.940. The van der Waals surface area contributed by atoms with Crippen LogP contribution in [-0.4, -0.2) is 22.4 Å². The Hall–Kier alpha value is -1.03. The van der Waals surface area contributed by atoms with Crippen LogP contribution in [0.3, 0.4) is 0 Å². The quantitative estimate of drug-likeness (QED) is 0.821. The van der Waals surface area contributed by atoms with E-state index in [0.717, 1.165) is 11.8 Å². The van der Waals surface area contributed by atoms with E-state index in [9.17, 15) is 4.79 Å². The largest absolute Gasteiger partial charge is 0.508 e. The molecule has 0 aromatic heterocycles. The third-order valence-electron chi connectivity index (χ3n) is 2.41. The van der Waals surface area contributed by atoms with E-state index in [4.69, 9.17) is 5.11 Å². The van der Waals surface area contributed by atoms with E-state index in [1.165, 1.54) is 12.1 Å². The van der Waals surface area contributed by atoms with Crippen molar-refractivity contribution in [1.29, 1.82) is 0 Å². The molecule has 0 saturated heterocycles. The highest BCUT2D eigenvalue weighted by atomic mass is 79.9. The maximum atomic E-state index is 11.9. The Morgan fingerprint density at radius 3 is 2.41 bits per heavy atom. The smallest absolute Gasteiger partial charge is 0.251 e. The van der Waals surface area contributed by atoms with Crippen LogP contribution in [0.5, 0.6) is 5.75 Å². The predicted octanol–water partition coefficient (Wildman–Crippen LogP) is 2.93. The fourth-order valence-corrected chi connectivity index (χ4v) is 2.04. The van der Waals surface area contributed by atoms with Crippen molar-refractivity contribution in [3.8, 4) is 5.75 Å². The molecule has 4 heteroatoms. The highest BCUT2D eigenvalue weighted by Gasteiger charge is 2.13. The first-order valence-electron chi connectivity index (χ1n) is 5.68. The molecule has 0 fully saturated rings. The normalized spacial score (nSPS) is 12.5. The molecule has 0 aliphatic heterocycles. The topological polar surface area (TPSA) is 49.3 Å². The summed E-state index contributed by atoms with van der Waals surface area (Å²) >= 11 is 3.40. The van der Waals surface area contributed by atoms with Crippen LogP contribution in [0.25, 0.3) is 0 Å². The molecule has 0 saturated carbocycles. The average molecular weight is 300 g/mol. The van der Waals surface area contributed by atoms with E-state index in [0.29, 0.717) is 11.5 Å². The molecule has 94 valence electrons. The molecular formula is C13H18BrNO2. The second-order valence-corrected chi connectivity index (χ2v) is 5.15. The second-order valence-electron chi connectivity index (χ2n) is 4.50. The number of phenolic OH excluding ortho intramolecular Hbond substituents is 1. The number of halogens is 1. The molecule has 0 aliphatic rings. The number of rotatable bonds is 5. The summed E-state index contributed by atoms with van der Waals surface area (Å²) in [7, 11) is 0. The van der Waals surface area contributed by atoms with E-state index >= 15 is 0 Å². The van der Waals surface area contributed by atoms with Crippen LogP contribution in [0.4, 0.5) is 0 Å². The van der Waals surface area contributed by atoms with Gasteiger partial charge in [-0.05, 0) is 36.6 Å². The molecule has 0 heterocycles. The van der Waals surface area contributed by atoms with Crippen molar-refractivity contribution in [2.45, 2.75) is 26.3 Å². The number of phenols is 1. The molecule has 0 radical (unpaired) electrons. The lowest BCUT2D eigenvalue weighted by Crippen LogP contribution is -2.36. The van der Waals surface area contributed by atoms with E-state index in [2.05, 4.69) is 35.1 Å². The molecule has 1 unspecified atom stereocenters. The summed E-state index contributed by atoms with van der Waals surface area (Å²) in [6.45, 7) is 4.25. The fraction of sp³-hybridized carbons (Fsp3) is 0.462. The predicted molar refractivity (Wildman–Crippen MR) is 72.6 cm³/mol. The van der Waals surface area contributed by atoms with Gasteiger partial charge in [-0.3, -0.25) is 4.79 Å². The van der Waals surface area contributed by atoms with Crippen molar-refractivity contribution in [2.24, 2.45) is 5.92 Å². The van der Waals surface area contributed by atoms with Gasteiger partial charge in [0.1, 0.15) is 5.75 Å². The van der Waals surface area contributed by atoms with Gasteiger partial charge in [-0.1, -0.05) is 29.8 Å². The van der Waals surface area contributed by atoms with Crippen molar-refractivity contribution in [3.05, 3.63) is 29.8 Å². The van der Waals surface area contributed by atoms with Gasteiger partial charge in [-0.15, -0.1) is 0 Å². The summed E-state index contributed by atoms with van der Waals surface area (Å²) in [5, 5.41) is 12.9. The molecule has 1 rings (SSSR count). The van der Waals surface area contributed by atoms with E-state index < -0.39 is 0 Å². The van der Waals surface area contributed by atoms with Gasteiger partial charge in [-0.25, -0.2) is 0 Å². The van der Waals surface area contributed by atoms with Crippen LogP contribution in [0, 0.1) is 5.92 Å². The molecule has 1 amide bonds. The number of carbonyl (C=O) groups is 1.